The Balaban J connectivity index is 1.27. The number of pyridine rings is 1. The summed E-state index contributed by atoms with van der Waals surface area (Å²) in [7, 11) is 0. The third-order valence-corrected chi connectivity index (χ3v) is 11.1. The van der Waals surface area contributed by atoms with E-state index in [4.69, 9.17) is 15.0 Å². The molecular formula is C49H31N7. The fourth-order valence-corrected chi connectivity index (χ4v) is 8.88. The molecular weight excluding hydrogens is 687 g/mol. The van der Waals surface area contributed by atoms with Crippen molar-refractivity contribution in [2.24, 2.45) is 0 Å². The SMILES string of the molecule is c1ccc(-n2c3ccccc3c3c4ccccc4n(-c4cc(-c5ncccn5)cc(-n5c6cccnc6c6c7ccccc7n(-c7ccccc7)c65)c4)c32)cc1. The van der Waals surface area contributed by atoms with E-state index in [1.54, 1.807) is 0 Å². The third-order valence-electron chi connectivity index (χ3n) is 11.1. The van der Waals surface area contributed by atoms with Gasteiger partial charge in [0.2, 0.25) is 0 Å². The fourth-order valence-electron chi connectivity index (χ4n) is 8.88. The molecule has 6 heterocycles. The molecule has 0 saturated heterocycles. The maximum absolute atomic E-state index is 5.05. The largest absolute Gasteiger partial charge is 0.295 e. The van der Waals surface area contributed by atoms with Crippen molar-refractivity contribution in [3.63, 3.8) is 0 Å². The van der Waals surface area contributed by atoms with Gasteiger partial charge in [0.05, 0.1) is 44.3 Å². The lowest BCUT2D eigenvalue weighted by Gasteiger charge is -2.17. The lowest BCUT2D eigenvalue weighted by molar-refractivity contribution is 1.04. The van der Waals surface area contributed by atoms with Gasteiger partial charge in [-0.3, -0.25) is 23.3 Å². The van der Waals surface area contributed by atoms with Crippen molar-refractivity contribution < 1.29 is 0 Å². The Morgan fingerprint density at radius 1 is 0.321 bits per heavy atom. The summed E-state index contributed by atoms with van der Waals surface area (Å²) in [5.41, 5.74) is 12.6. The highest BCUT2D eigenvalue weighted by molar-refractivity contribution is 6.23. The molecule has 0 atom stereocenters. The van der Waals surface area contributed by atoms with Crippen LogP contribution in [0.15, 0.2) is 188 Å². The molecule has 262 valence electrons. The maximum Gasteiger partial charge on any atom is 0.159 e. The summed E-state index contributed by atoms with van der Waals surface area (Å²) in [6.45, 7) is 0. The minimum absolute atomic E-state index is 0.654. The molecule has 0 saturated carbocycles. The molecule has 0 radical (unpaired) electrons. The van der Waals surface area contributed by atoms with Gasteiger partial charge in [-0.1, -0.05) is 91.0 Å². The molecule has 12 rings (SSSR count). The molecule has 0 unspecified atom stereocenters. The molecule has 0 fully saturated rings. The second-order valence-corrected chi connectivity index (χ2v) is 14.1. The van der Waals surface area contributed by atoms with Crippen LogP contribution in [0.5, 0.6) is 0 Å². The fraction of sp³-hybridized carbons (Fsp3) is 0. The zero-order valence-corrected chi connectivity index (χ0v) is 30.0. The Bertz CT molecular complexity index is 3250. The van der Waals surface area contributed by atoms with Crippen LogP contribution >= 0.6 is 0 Å². The quantitative estimate of drug-likeness (QED) is 0.178. The van der Waals surface area contributed by atoms with Crippen molar-refractivity contribution in [3.05, 3.63) is 188 Å². The van der Waals surface area contributed by atoms with E-state index in [1.807, 2.05) is 30.7 Å². The van der Waals surface area contributed by atoms with E-state index >= 15 is 0 Å². The van der Waals surface area contributed by atoms with Gasteiger partial charge in [-0.2, -0.15) is 0 Å². The summed E-state index contributed by atoms with van der Waals surface area (Å²) in [4.78, 5) is 14.6. The molecule has 0 aliphatic heterocycles. The van der Waals surface area contributed by atoms with Gasteiger partial charge in [-0.25, -0.2) is 9.97 Å². The molecule has 6 aromatic carbocycles. The Morgan fingerprint density at radius 2 is 0.750 bits per heavy atom. The van der Waals surface area contributed by atoms with Gasteiger partial charge in [0.15, 0.2) is 5.82 Å². The summed E-state index contributed by atoms with van der Waals surface area (Å²) < 4.78 is 9.56. The number of benzene rings is 6. The Hall–Kier alpha value is -7.77. The van der Waals surface area contributed by atoms with E-state index in [2.05, 4.69) is 176 Å². The van der Waals surface area contributed by atoms with Gasteiger partial charge in [-0.15, -0.1) is 0 Å². The van der Waals surface area contributed by atoms with Crippen molar-refractivity contribution in [1.29, 1.82) is 0 Å². The summed E-state index contributed by atoms with van der Waals surface area (Å²) in [5, 5.41) is 5.88. The van der Waals surface area contributed by atoms with Gasteiger partial charge in [0.1, 0.15) is 11.3 Å². The highest BCUT2D eigenvalue weighted by Gasteiger charge is 2.26. The van der Waals surface area contributed by atoms with Crippen LogP contribution in [-0.2, 0) is 0 Å². The van der Waals surface area contributed by atoms with Crippen LogP contribution < -0.4 is 0 Å². The van der Waals surface area contributed by atoms with Crippen LogP contribution in [0.1, 0.15) is 0 Å². The van der Waals surface area contributed by atoms with Crippen LogP contribution in [0.2, 0.25) is 0 Å². The van der Waals surface area contributed by atoms with Gasteiger partial charge in [0, 0.05) is 57.1 Å². The van der Waals surface area contributed by atoms with E-state index < -0.39 is 0 Å². The van der Waals surface area contributed by atoms with Crippen LogP contribution in [-0.4, -0.2) is 33.2 Å². The van der Waals surface area contributed by atoms with Crippen molar-refractivity contribution in [3.8, 4) is 34.1 Å². The number of fused-ring (bicyclic) bond motifs is 10. The number of rotatable bonds is 5. The highest BCUT2D eigenvalue weighted by atomic mass is 15.2. The molecule has 0 amide bonds. The second kappa shape index (κ2) is 11.9. The first-order valence-corrected chi connectivity index (χ1v) is 18.8. The van der Waals surface area contributed by atoms with Crippen LogP contribution in [0.25, 0.3) is 99.9 Å². The number of hydrogen-bond acceptors (Lipinski definition) is 3. The Morgan fingerprint density at radius 3 is 1.32 bits per heavy atom. The normalized spacial score (nSPS) is 11.9. The Labute approximate surface area is 320 Å². The predicted molar refractivity (Wildman–Crippen MR) is 228 cm³/mol. The van der Waals surface area contributed by atoms with Crippen LogP contribution in [0.4, 0.5) is 0 Å². The molecule has 0 N–H and O–H groups in total. The number of nitrogens with zero attached hydrogens (tertiary/aromatic N) is 7. The topological polar surface area (TPSA) is 58.4 Å². The van der Waals surface area contributed by atoms with Gasteiger partial charge < -0.3 is 0 Å². The van der Waals surface area contributed by atoms with Crippen molar-refractivity contribution in [2.75, 3.05) is 0 Å². The van der Waals surface area contributed by atoms with E-state index in [-0.39, 0.29) is 0 Å². The number of aromatic nitrogens is 7. The smallest absolute Gasteiger partial charge is 0.159 e. The lowest BCUT2D eigenvalue weighted by Crippen LogP contribution is -2.05. The molecule has 0 spiro atoms. The first kappa shape index (κ1) is 30.7. The average Bonchev–Trinajstić information content (AvgIpc) is 3.99. The maximum atomic E-state index is 5.05. The first-order valence-electron chi connectivity index (χ1n) is 18.8. The predicted octanol–water partition coefficient (Wildman–Crippen LogP) is 11.6. The molecule has 7 heteroatoms. The molecule has 7 nitrogen and oxygen atoms in total. The zero-order chi connectivity index (χ0) is 36.7. The summed E-state index contributed by atoms with van der Waals surface area (Å²) in [6.07, 6.45) is 5.52. The molecule has 6 aromatic heterocycles. The van der Waals surface area contributed by atoms with E-state index in [1.165, 1.54) is 16.2 Å². The van der Waals surface area contributed by atoms with E-state index in [0.717, 1.165) is 78.0 Å². The number of para-hydroxylation sites is 5. The molecule has 56 heavy (non-hydrogen) atoms. The molecule has 0 aliphatic carbocycles. The monoisotopic (exact) mass is 717 g/mol. The summed E-state index contributed by atoms with van der Waals surface area (Å²) in [5.74, 6) is 0.654. The van der Waals surface area contributed by atoms with Gasteiger partial charge in [-0.05, 0) is 78.9 Å². The van der Waals surface area contributed by atoms with Crippen molar-refractivity contribution in [1.82, 2.24) is 33.2 Å². The molecule has 0 bridgehead atoms. The van der Waals surface area contributed by atoms with Gasteiger partial charge in [0.25, 0.3) is 0 Å². The summed E-state index contributed by atoms with van der Waals surface area (Å²) in [6, 6.07) is 60.2. The van der Waals surface area contributed by atoms with Crippen molar-refractivity contribution >= 4 is 65.8 Å². The van der Waals surface area contributed by atoms with Crippen LogP contribution in [0.3, 0.4) is 0 Å². The minimum atomic E-state index is 0.654. The third kappa shape index (κ3) is 4.30. The lowest BCUT2D eigenvalue weighted by atomic mass is 10.1. The highest BCUT2D eigenvalue weighted by Crippen LogP contribution is 2.43. The molecule has 12 aromatic rings. The molecule has 0 aliphatic rings. The Kier molecular flexibility index (Phi) is 6.50. The van der Waals surface area contributed by atoms with E-state index in [0.29, 0.717) is 5.82 Å². The second-order valence-electron chi connectivity index (χ2n) is 14.1. The van der Waals surface area contributed by atoms with E-state index in [9.17, 15) is 0 Å². The average molecular weight is 718 g/mol. The zero-order valence-electron chi connectivity index (χ0n) is 30.0. The minimum Gasteiger partial charge on any atom is -0.295 e. The van der Waals surface area contributed by atoms with Crippen molar-refractivity contribution in [2.45, 2.75) is 0 Å². The summed E-state index contributed by atoms with van der Waals surface area (Å²) >= 11 is 0. The van der Waals surface area contributed by atoms with Gasteiger partial charge >= 0.3 is 0 Å². The standard InChI is InChI=1S/C49H31N7/c1-3-15-33(16-4-1)53-40-22-10-7-19-37(40)44-38-20-8-11-23-41(38)55(48(44)53)35-29-32(47-51-27-14-28-52-47)30-36(31-35)56-43-25-13-26-50-46(43)45-39-21-9-12-24-42(39)54(49(45)56)34-17-5-2-6-18-34/h1-31H. The van der Waals surface area contributed by atoms with Crippen LogP contribution in [0, 0.1) is 0 Å². The first-order chi connectivity index (χ1) is 27.8. The number of hydrogen-bond donors (Lipinski definition) is 0.